The molecule has 0 heterocycles. The van der Waals surface area contributed by atoms with E-state index in [1.54, 1.807) is 6.92 Å². The van der Waals surface area contributed by atoms with Crippen molar-refractivity contribution in [1.82, 2.24) is 0 Å². The molecule has 0 aliphatic heterocycles. The molecule has 0 spiro atoms. The summed E-state index contributed by atoms with van der Waals surface area (Å²) in [5.41, 5.74) is 12.0. The molecule has 0 amide bonds. The highest BCUT2D eigenvalue weighted by molar-refractivity contribution is 5.87. The number of hydrogen-bond acceptors (Lipinski definition) is 5. The van der Waals surface area contributed by atoms with Crippen LogP contribution in [0.4, 0.5) is 0 Å². The molecule has 0 aliphatic carbocycles. The van der Waals surface area contributed by atoms with Crippen LogP contribution in [0.15, 0.2) is 91.0 Å². The second kappa shape index (κ2) is 20.9. The zero-order valence-corrected chi connectivity index (χ0v) is 32.9. The predicted octanol–water partition coefficient (Wildman–Crippen LogP) is 11.1. The van der Waals surface area contributed by atoms with Gasteiger partial charge in [0.25, 0.3) is 0 Å². The van der Waals surface area contributed by atoms with Crippen LogP contribution < -0.4 is 4.74 Å². The maximum atomic E-state index is 12.2. The first-order valence-electron chi connectivity index (χ1n) is 19.9. The number of unbranched alkanes of at least 4 members (excludes halogenated alkanes) is 3. The van der Waals surface area contributed by atoms with Crippen LogP contribution in [0.3, 0.4) is 0 Å². The van der Waals surface area contributed by atoms with Gasteiger partial charge in [0.05, 0.1) is 26.4 Å². The van der Waals surface area contributed by atoms with Crippen molar-refractivity contribution in [3.8, 4) is 39.1 Å². The largest absolute Gasteiger partial charge is 0.493 e. The summed E-state index contributed by atoms with van der Waals surface area (Å²) in [7, 11) is 0. The Kier molecular flexibility index (Phi) is 16.4. The topological polar surface area (TPSA) is 76.0 Å². The van der Waals surface area contributed by atoms with Crippen molar-refractivity contribution < 1.29 is 24.5 Å². The van der Waals surface area contributed by atoms with Crippen molar-refractivity contribution in [3.05, 3.63) is 113 Å². The second-order valence-electron chi connectivity index (χ2n) is 14.6. The fraction of sp³-hybridized carbons (Fsp3) is 0.438. The zero-order valence-electron chi connectivity index (χ0n) is 32.9. The maximum absolute atomic E-state index is 12.2. The van der Waals surface area contributed by atoms with Gasteiger partial charge in [0.15, 0.2) is 0 Å². The van der Waals surface area contributed by atoms with E-state index in [1.807, 2.05) is 6.07 Å². The molecule has 4 rings (SSSR count). The molecule has 4 aromatic carbocycles. The van der Waals surface area contributed by atoms with Gasteiger partial charge in [-0.05, 0) is 113 Å². The van der Waals surface area contributed by atoms with Crippen LogP contribution in [-0.4, -0.2) is 42.6 Å². The molecule has 2 N–H and O–H groups in total. The average molecular weight is 719 g/mol. The van der Waals surface area contributed by atoms with E-state index in [9.17, 15) is 15.0 Å². The summed E-state index contributed by atoms with van der Waals surface area (Å²) in [5, 5.41) is 20.2. The number of aliphatic hydroxyl groups is 2. The standard InChI is InChI=1S/C48H62O5/c1-7-11-13-14-36-15-17-39(18-16-36)44-22-19-40(30-37(44)9-3)41-20-23-45(38(10-4)31-41)42-21-24-46(43(32-42)25-28-53-47(51)35(5)6)52-29-27-48(33-49,34-50)26-12-8-2/h15-24,30-32,49-50H,5,7-14,25-29,33-34H2,1-4,6H3. The number of benzene rings is 4. The van der Waals surface area contributed by atoms with Crippen LogP contribution in [0.25, 0.3) is 33.4 Å². The average Bonchev–Trinajstić information content (AvgIpc) is 3.19. The van der Waals surface area contributed by atoms with E-state index in [0.717, 1.165) is 55.2 Å². The van der Waals surface area contributed by atoms with Crippen LogP contribution >= 0.6 is 0 Å². The van der Waals surface area contributed by atoms with Crippen LogP contribution in [-0.2, 0) is 35.2 Å². The fourth-order valence-electron chi connectivity index (χ4n) is 7.01. The smallest absolute Gasteiger partial charge is 0.333 e. The van der Waals surface area contributed by atoms with Crippen LogP contribution in [0.5, 0.6) is 5.75 Å². The van der Waals surface area contributed by atoms with Gasteiger partial charge in [-0.1, -0.05) is 127 Å². The lowest BCUT2D eigenvalue weighted by Crippen LogP contribution is -2.32. The summed E-state index contributed by atoms with van der Waals surface area (Å²) >= 11 is 0. The van der Waals surface area contributed by atoms with Crippen molar-refractivity contribution in [2.45, 2.75) is 105 Å². The van der Waals surface area contributed by atoms with Gasteiger partial charge in [-0.15, -0.1) is 0 Å². The Labute approximate surface area is 319 Å². The van der Waals surface area contributed by atoms with Crippen LogP contribution in [0, 0.1) is 5.41 Å². The van der Waals surface area contributed by atoms with Gasteiger partial charge in [-0.3, -0.25) is 0 Å². The van der Waals surface area contributed by atoms with Crippen molar-refractivity contribution in [1.29, 1.82) is 0 Å². The van der Waals surface area contributed by atoms with Gasteiger partial charge in [0.2, 0.25) is 0 Å². The van der Waals surface area contributed by atoms with Crippen LogP contribution in [0.2, 0.25) is 0 Å². The van der Waals surface area contributed by atoms with E-state index in [2.05, 4.69) is 107 Å². The summed E-state index contributed by atoms with van der Waals surface area (Å²) in [6, 6.07) is 29.0. The van der Waals surface area contributed by atoms with Crippen molar-refractivity contribution in [2.24, 2.45) is 5.41 Å². The molecule has 284 valence electrons. The minimum absolute atomic E-state index is 0.0811. The summed E-state index contributed by atoms with van der Waals surface area (Å²) in [6.07, 6.45) is 10.4. The van der Waals surface area contributed by atoms with Gasteiger partial charge in [-0.25, -0.2) is 4.79 Å². The second-order valence-corrected chi connectivity index (χ2v) is 14.6. The normalized spacial score (nSPS) is 11.5. The highest BCUT2D eigenvalue weighted by Gasteiger charge is 2.28. The molecular formula is C48H62O5. The first-order valence-corrected chi connectivity index (χ1v) is 19.9. The van der Waals surface area contributed by atoms with E-state index in [4.69, 9.17) is 9.47 Å². The summed E-state index contributed by atoms with van der Waals surface area (Å²) in [6.45, 7) is 14.5. The molecule has 0 aromatic heterocycles. The van der Waals surface area contributed by atoms with Gasteiger partial charge < -0.3 is 19.7 Å². The Morgan fingerprint density at radius 1 is 0.642 bits per heavy atom. The maximum Gasteiger partial charge on any atom is 0.333 e. The third-order valence-electron chi connectivity index (χ3n) is 10.6. The Hall–Kier alpha value is -4.19. The van der Waals surface area contributed by atoms with E-state index < -0.39 is 11.4 Å². The number of ether oxygens (including phenoxy) is 2. The molecule has 0 atom stereocenters. The van der Waals surface area contributed by atoms with Crippen molar-refractivity contribution in [3.63, 3.8) is 0 Å². The van der Waals surface area contributed by atoms with Gasteiger partial charge in [-0.2, -0.15) is 0 Å². The number of carbonyl (C=O) groups is 1. The number of rotatable bonds is 22. The number of aliphatic hydroxyl groups excluding tert-OH is 2. The Balaban J connectivity index is 1.59. The third-order valence-corrected chi connectivity index (χ3v) is 10.6. The van der Waals surface area contributed by atoms with Crippen LogP contribution in [0.1, 0.15) is 102 Å². The lowest BCUT2D eigenvalue weighted by Gasteiger charge is -2.30. The van der Waals surface area contributed by atoms with E-state index >= 15 is 0 Å². The molecule has 0 bridgehead atoms. The Bertz CT molecular complexity index is 1770. The lowest BCUT2D eigenvalue weighted by atomic mass is 9.81. The molecule has 53 heavy (non-hydrogen) atoms. The van der Waals surface area contributed by atoms with E-state index in [1.165, 1.54) is 58.2 Å². The van der Waals surface area contributed by atoms with Crippen molar-refractivity contribution >= 4 is 5.97 Å². The first kappa shape index (κ1) is 41.6. The summed E-state index contributed by atoms with van der Waals surface area (Å²) in [5.74, 6) is 0.308. The number of aryl methyl sites for hydroxylation is 3. The lowest BCUT2D eigenvalue weighted by molar-refractivity contribution is -0.138. The predicted molar refractivity (Wildman–Crippen MR) is 220 cm³/mol. The first-order chi connectivity index (χ1) is 25.7. The number of carbonyl (C=O) groups excluding carboxylic acids is 1. The van der Waals surface area contributed by atoms with E-state index in [0.29, 0.717) is 30.8 Å². The summed E-state index contributed by atoms with van der Waals surface area (Å²) in [4.78, 5) is 12.2. The Morgan fingerprint density at radius 2 is 1.21 bits per heavy atom. The molecule has 5 heteroatoms. The highest BCUT2D eigenvalue weighted by atomic mass is 16.5. The molecule has 0 fully saturated rings. The highest BCUT2D eigenvalue weighted by Crippen LogP contribution is 2.36. The molecule has 0 saturated carbocycles. The quantitative estimate of drug-likeness (QED) is 0.0481. The third kappa shape index (κ3) is 11.4. The monoisotopic (exact) mass is 718 g/mol. The zero-order chi connectivity index (χ0) is 38.2. The van der Waals surface area contributed by atoms with E-state index in [-0.39, 0.29) is 19.8 Å². The van der Waals surface area contributed by atoms with Gasteiger partial charge >= 0.3 is 5.97 Å². The molecule has 0 radical (unpaired) electrons. The molecule has 0 unspecified atom stereocenters. The summed E-state index contributed by atoms with van der Waals surface area (Å²) < 4.78 is 11.8. The van der Waals surface area contributed by atoms with Gasteiger partial charge in [0, 0.05) is 17.4 Å². The minimum Gasteiger partial charge on any atom is -0.493 e. The molecule has 5 nitrogen and oxygen atoms in total. The van der Waals surface area contributed by atoms with Crippen molar-refractivity contribution in [2.75, 3.05) is 26.4 Å². The fourth-order valence-corrected chi connectivity index (χ4v) is 7.01. The SMILES string of the molecule is C=C(C)C(=O)OCCc1cc(-c2ccc(-c3ccc(-c4ccc(CCCCC)cc4)c(CC)c3)cc2CC)ccc1OCCC(CO)(CO)CCCC. The molecule has 0 saturated heterocycles. The molecule has 4 aromatic rings. The molecular weight excluding hydrogens is 657 g/mol. The van der Waals surface area contributed by atoms with Gasteiger partial charge in [0.1, 0.15) is 5.75 Å². The Morgan fingerprint density at radius 3 is 1.77 bits per heavy atom. The minimum atomic E-state index is -0.567. The number of hydrogen-bond donors (Lipinski definition) is 2. The number of esters is 1. The molecule has 0 aliphatic rings.